The number of carbonyl (C=O) groups excluding carboxylic acids is 1. The zero-order chi connectivity index (χ0) is 12.7. The third-order valence-electron chi connectivity index (χ3n) is 4.17. The number of carbonyl (C=O) groups is 2. The second kappa shape index (κ2) is 4.44. The van der Waals surface area contributed by atoms with Crippen LogP contribution in [0.4, 0.5) is 4.79 Å². The average molecular weight is 252 g/mol. The van der Waals surface area contributed by atoms with E-state index >= 15 is 0 Å². The van der Waals surface area contributed by atoms with Gasteiger partial charge in [0.2, 0.25) is 0 Å². The Balaban J connectivity index is 1.68. The van der Waals surface area contributed by atoms with Crippen LogP contribution in [-0.2, 0) is 4.79 Å². The van der Waals surface area contributed by atoms with Crippen LogP contribution < -0.4 is 0 Å². The van der Waals surface area contributed by atoms with Crippen molar-refractivity contribution in [2.24, 2.45) is 5.92 Å². The molecule has 100 valence electrons. The minimum absolute atomic E-state index is 0.0331. The van der Waals surface area contributed by atoms with Gasteiger partial charge in [-0.05, 0) is 44.4 Å². The minimum atomic E-state index is -0.858. The molecular weight excluding hydrogens is 232 g/mol. The first kappa shape index (κ1) is 11.8. The van der Waals surface area contributed by atoms with E-state index in [1.807, 2.05) is 4.90 Å². The highest BCUT2D eigenvalue weighted by Gasteiger charge is 2.42. The second-order valence-electron chi connectivity index (χ2n) is 5.80. The lowest BCUT2D eigenvalue weighted by Gasteiger charge is -2.30. The Bertz CT molecular complexity index is 363. The van der Waals surface area contributed by atoms with Gasteiger partial charge in [-0.15, -0.1) is 0 Å². The van der Waals surface area contributed by atoms with E-state index < -0.39 is 12.0 Å². The fraction of sp³-hybridized carbons (Fsp3) is 0.846. The highest BCUT2D eigenvalue weighted by molar-refractivity contribution is 5.83. The Morgan fingerprint density at radius 2 is 1.89 bits per heavy atom. The fourth-order valence-corrected chi connectivity index (χ4v) is 2.77. The van der Waals surface area contributed by atoms with E-state index in [1.54, 1.807) is 4.90 Å². The van der Waals surface area contributed by atoms with Gasteiger partial charge in [0.15, 0.2) is 0 Å². The first-order valence-corrected chi connectivity index (χ1v) is 6.97. The second-order valence-corrected chi connectivity index (χ2v) is 5.80. The summed E-state index contributed by atoms with van der Waals surface area (Å²) in [7, 11) is 0. The maximum Gasteiger partial charge on any atom is 0.326 e. The van der Waals surface area contributed by atoms with Gasteiger partial charge in [0.25, 0.3) is 0 Å². The van der Waals surface area contributed by atoms with E-state index in [0.717, 1.165) is 25.8 Å². The van der Waals surface area contributed by atoms with Gasteiger partial charge in [0, 0.05) is 19.1 Å². The summed E-state index contributed by atoms with van der Waals surface area (Å²) in [5.74, 6) is -0.191. The van der Waals surface area contributed by atoms with Crippen molar-refractivity contribution < 1.29 is 14.7 Å². The smallest absolute Gasteiger partial charge is 0.326 e. The number of nitrogens with zero attached hydrogens (tertiary/aromatic N) is 2. The molecule has 1 atom stereocenters. The molecule has 3 fully saturated rings. The van der Waals surface area contributed by atoms with E-state index in [1.165, 1.54) is 12.8 Å². The van der Waals surface area contributed by atoms with Crippen LogP contribution in [0.5, 0.6) is 0 Å². The van der Waals surface area contributed by atoms with Gasteiger partial charge in [-0.25, -0.2) is 9.59 Å². The molecular formula is C13H20N2O3. The van der Waals surface area contributed by atoms with Crippen LogP contribution in [0, 0.1) is 5.92 Å². The molecule has 0 radical (unpaired) electrons. The zero-order valence-corrected chi connectivity index (χ0v) is 10.5. The molecule has 0 bridgehead atoms. The quantitative estimate of drug-likeness (QED) is 0.825. The predicted octanol–water partition coefficient (Wildman–Crippen LogP) is 1.53. The molecule has 2 aliphatic carbocycles. The first-order chi connectivity index (χ1) is 8.66. The van der Waals surface area contributed by atoms with Crippen LogP contribution in [-0.4, -0.2) is 52.1 Å². The lowest BCUT2D eigenvalue weighted by atomic mass is 10.2. The lowest BCUT2D eigenvalue weighted by Crippen LogP contribution is -2.49. The molecule has 0 unspecified atom stereocenters. The van der Waals surface area contributed by atoms with Gasteiger partial charge >= 0.3 is 12.0 Å². The van der Waals surface area contributed by atoms with Crippen LogP contribution in [0.3, 0.4) is 0 Å². The number of carboxylic acid groups (broad SMARTS) is 1. The Labute approximate surface area is 107 Å². The number of aliphatic carboxylic acids is 1. The third-order valence-corrected chi connectivity index (χ3v) is 4.17. The van der Waals surface area contributed by atoms with Crippen LogP contribution in [0.2, 0.25) is 0 Å². The molecule has 0 aromatic heterocycles. The van der Waals surface area contributed by atoms with Crippen molar-refractivity contribution in [1.29, 1.82) is 0 Å². The highest BCUT2D eigenvalue weighted by Crippen LogP contribution is 2.36. The SMILES string of the molecule is O=C(O)[C@@H]1CCCN1C(=O)N(CC1CC1)C1CC1. The Morgan fingerprint density at radius 1 is 1.17 bits per heavy atom. The van der Waals surface area contributed by atoms with Gasteiger partial charge in [0.1, 0.15) is 6.04 Å². The molecule has 2 saturated carbocycles. The highest BCUT2D eigenvalue weighted by atomic mass is 16.4. The number of hydrogen-bond donors (Lipinski definition) is 1. The molecule has 18 heavy (non-hydrogen) atoms. The fourth-order valence-electron chi connectivity index (χ4n) is 2.77. The Morgan fingerprint density at radius 3 is 2.44 bits per heavy atom. The van der Waals surface area contributed by atoms with Gasteiger partial charge in [-0.3, -0.25) is 0 Å². The van der Waals surface area contributed by atoms with Crippen molar-refractivity contribution in [2.45, 2.75) is 50.6 Å². The summed E-state index contributed by atoms with van der Waals surface area (Å²) in [6.45, 7) is 1.44. The molecule has 0 aromatic carbocycles. The summed E-state index contributed by atoms with van der Waals surface area (Å²) in [5, 5.41) is 9.15. The summed E-state index contributed by atoms with van der Waals surface area (Å²) in [6, 6.07) is -0.250. The normalized spacial score (nSPS) is 27.3. The third kappa shape index (κ3) is 2.31. The monoisotopic (exact) mass is 252 g/mol. The molecule has 1 N–H and O–H groups in total. The predicted molar refractivity (Wildman–Crippen MR) is 65.2 cm³/mol. The molecule has 3 rings (SSSR count). The molecule has 0 spiro atoms. The molecule has 5 nitrogen and oxygen atoms in total. The first-order valence-electron chi connectivity index (χ1n) is 6.97. The van der Waals surface area contributed by atoms with Gasteiger partial charge in [-0.2, -0.15) is 0 Å². The van der Waals surface area contributed by atoms with Crippen LogP contribution >= 0.6 is 0 Å². The van der Waals surface area contributed by atoms with E-state index in [4.69, 9.17) is 5.11 Å². The number of urea groups is 1. The van der Waals surface area contributed by atoms with E-state index in [-0.39, 0.29) is 6.03 Å². The van der Waals surface area contributed by atoms with Gasteiger partial charge in [0.05, 0.1) is 0 Å². The van der Waals surface area contributed by atoms with Gasteiger partial charge < -0.3 is 14.9 Å². The van der Waals surface area contributed by atoms with Crippen LogP contribution in [0.1, 0.15) is 38.5 Å². The summed E-state index contributed by atoms with van der Waals surface area (Å²) < 4.78 is 0. The van der Waals surface area contributed by atoms with Crippen LogP contribution in [0.25, 0.3) is 0 Å². The topological polar surface area (TPSA) is 60.9 Å². The molecule has 2 amide bonds. The van der Waals surface area contributed by atoms with Crippen molar-refractivity contribution >= 4 is 12.0 Å². The van der Waals surface area contributed by atoms with Crippen molar-refractivity contribution in [3.05, 3.63) is 0 Å². The number of likely N-dealkylation sites (tertiary alicyclic amines) is 1. The summed E-state index contributed by atoms with van der Waals surface area (Å²) in [5.41, 5.74) is 0. The maximum absolute atomic E-state index is 12.5. The Hall–Kier alpha value is -1.26. The largest absolute Gasteiger partial charge is 0.480 e. The maximum atomic E-state index is 12.5. The van der Waals surface area contributed by atoms with Crippen molar-refractivity contribution in [1.82, 2.24) is 9.80 Å². The average Bonchev–Trinajstić information content (AvgIpc) is 3.24. The molecule has 1 saturated heterocycles. The zero-order valence-electron chi connectivity index (χ0n) is 10.5. The van der Waals surface area contributed by atoms with E-state index in [0.29, 0.717) is 24.9 Å². The number of carboxylic acids is 1. The van der Waals surface area contributed by atoms with Crippen LogP contribution in [0.15, 0.2) is 0 Å². The Kier molecular flexibility index (Phi) is 2.92. The number of amides is 2. The molecule has 5 heteroatoms. The van der Waals surface area contributed by atoms with E-state index in [2.05, 4.69) is 0 Å². The molecule has 3 aliphatic rings. The molecule has 1 aliphatic heterocycles. The lowest BCUT2D eigenvalue weighted by molar-refractivity contribution is -0.141. The van der Waals surface area contributed by atoms with Crippen molar-refractivity contribution in [3.8, 4) is 0 Å². The summed E-state index contributed by atoms with van der Waals surface area (Å²) in [6.07, 6.45) is 6.03. The molecule has 1 heterocycles. The van der Waals surface area contributed by atoms with E-state index in [9.17, 15) is 9.59 Å². The summed E-state index contributed by atoms with van der Waals surface area (Å²) in [4.78, 5) is 27.2. The summed E-state index contributed by atoms with van der Waals surface area (Å²) >= 11 is 0. The number of rotatable bonds is 4. The number of hydrogen-bond acceptors (Lipinski definition) is 2. The standard InChI is InChI=1S/C13H20N2O3/c16-12(17)11-2-1-7-14(11)13(18)15(10-5-6-10)8-9-3-4-9/h9-11H,1-8H2,(H,16,17)/t11-/m0/s1. The molecule has 0 aromatic rings. The van der Waals surface area contributed by atoms with Gasteiger partial charge in [-0.1, -0.05) is 0 Å². The minimum Gasteiger partial charge on any atom is -0.480 e. The van der Waals surface area contributed by atoms with Crippen molar-refractivity contribution in [3.63, 3.8) is 0 Å². The van der Waals surface area contributed by atoms with Crippen molar-refractivity contribution in [2.75, 3.05) is 13.1 Å².